The molecule has 1 aromatic carbocycles. The summed E-state index contributed by atoms with van der Waals surface area (Å²) in [7, 11) is 0. The van der Waals surface area contributed by atoms with Crippen LogP contribution in [0.15, 0.2) is 36.4 Å². The normalized spacial score (nSPS) is 24.5. The number of hydrogen-bond acceptors (Lipinski definition) is 6. The number of rotatable bonds is 6. The van der Waals surface area contributed by atoms with E-state index in [1.54, 1.807) is 39.8 Å². The Labute approximate surface area is 189 Å². The number of amides is 1. The van der Waals surface area contributed by atoms with E-state index in [-0.39, 0.29) is 25.5 Å². The Morgan fingerprint density at radius 2 is 1.94 bits per heavy atom. The molecule has 0 unspecified atom stereocenters. The lowest BCUT2D eigenvalue weighted by atomic mass is 10.00. The Hall–Kier alpha value is -2.45. The summed E-state index contributed by atoms with van der Waals surface area (Å²) in [5, 5.41) is 2.56. The minimum Gasteiger partial charge on any atom is -0.458 e. The molecule has 1 aliphatic rings. The van der Waals surface area contributed by atoms with Crippen LogP contribution in [0.5, 0.6) is 0 Å². The Bertz CT molecular complexity index is 789. The number of carbonyl (C=O) groups is 2. The van der Waals surface area contributed by atoms with Crippen LogP contribution in [0.3, 0.4) is 0 Å². The highest BCUT2D eigenvalue weighted by Crippen LogP contribution is 2.21. The van der Waals surface area contributed by atoms with Crippen molar-refractivity contribution in [3.63, 3.8) is 0 Å². The summed E-state index contributed by atoms with van der Waals surface area (Å²) in [5.41, 5.74) is 0.979. The van der Waals surface area contributed by atoms with E-state index >= 15 is 0 Å². The predicted molar refractivity (Wildman–Crippen MR) is 118 cm³/mol. The van der Waals surface area contributed by atoms with Crippen LogP contribution in [0.2, 0.25) is 0 Å². The molecule has 0 radical (unpaired) electrons. The molecule has 1 amide bonds. The first-order valence-corrected chi connectivity index (χ1v) is 10.8. The van der Waals surface area contributed by atoms with Crippen LogP contribution in [-0.2, 0) is 30.2 Å². The van der Waals surface area contributed by atoms with E-state index in [9.17, 15) is 14.0 Å². The first-order chi connectivity index (χ1) is 14.9. The second-order valence-corrected chi connectivity index (χ2v) is 9.10. The van der Waals surface area contributed by atoms with Crippen molar-refractivity contribution in [3.05, 3.63) is 47.8 Å². The molecule has 2 rings (SSSR count). The molecule has 0 aliphatic carbocycles. The summed E-state index contributed by atoms with van der Waals surface area (Å²) >= 11 is 0. The van der Waals surface area contributed by atoms with Crippen LogP contribution >= 0.6 is 0 Å². The number of cyclic esters (lactones) is 1. The fourth-order valence-corrected chi connectivity index (χ4v) is 3.27. The van der Waals surface area contributed by atoms with Gasteiger partial charge < -0.3 is 24.3 Å². The standard InChI is InChI=1S/C24H34FNO6/c1-15(2)14-30-21-16(3)31-22(27)19(26-23(28)32-24(4,5)6)11-12-29-20(21)13-17-7-9-18(25)10-8-17/h7-10,16,19-21H,1,11-14H2,2-6H3,(H,26,28)/t16-,19-,20+,21-/m0/s1. The van der Waals surface area contributed by atoms with Crippen molar-refractivity contribution in [3.8, 4) is 0 Å². The van der Waals surface area contributed by atoms with Crippen LogP contribution in [0.4, 0.5) is 9.18 Å². The van der Waals surface area contributed by atoms with E-state index in [0.717, 1.165) is 11.1 Å². The van der Waals surface area contributed by atoms with Crippen molar-refractivity contribution in [1.29, 1.82) is 0 Å². The smallest absolute Gasteiger partial charge is 0.408 e. The summed E-state index contributed by atoms with van der Waals surface area (Å²) in [4.78, 5) is 24.9. The van der Waals surface area contributed by atoms with Crippen LogP contribution in [0, 0.1) is 5.82 Å². The van der Waals surface area contributed by atoms with Crippen molar-refractivity contribution in [1.82, 2.24) is 5.32 Å². The zero-order chi connectivity index (χ0) is 23.9. The van der Waals surface area contributed by atoms with Crippen molar-refractivity contribution in [2.75, 3.05) is 13.2 Å². The Kier molecular flexibility index (Phi) is 9.21. The Balaban J connectivity index is 2.18. The van der Waals surface area contributed by atoms with Gasteiger partial charge in [-0.25, -0.2) is 14.0 Å². The van der Waals surface area contributed by atoms with Gasteiger partial charge in [-0.05, 0) is 52.3 Å². The fourth-order valence-electron chi connectivity index (χ4n) is 3.27. The average Bonchev–Trinajstić information content (AvgIpc) is 2.71. The number of carbonyl (C=O) groups excluding carboxylic acids is 2. The van der Waals surface area contributed by atoms with Gasteiger partial charge in [-0.1, -0.05) is 24.3 Å². The highest BCUT2D eigenvalue weighted by molar-refractivity contribution is 5.81. The van der Waals surface area contributed by atoms with E-state index < -0.39 is 42.0 Å². The lowest BCUT2D eigenvalue weighted by molar-refractivity contribution is -0.163. The van der Waals surface area contributed by atoms with Gasteiger partial charge in [-0.3, -0.25) is 0 Å². The van der Waals surface area contributed by atoms with Gasteiger partial charge in [0.1, 0.15) is 29.7 Å². The summed E-state index contributed by atoms with van der Waals surface area (Å²) in [6, 6.07) is 5.23. The number of esters is 1. The average molecular weight is 452 g/mol. The molecule has 1 fully saturated rings. The minimum atomic E-state index is -0.918. The monoisotopic (exact) mass is 451 g/mol. The summed E-state index contributed by atoms with van der Waals surface area (Å²) in [5.74, 6) is -0.907. The molecule has 4 atom stereocenters. The molecule has 8 heteroatoms. The number of nitrogens with one attached hydrogen (secondary N) is 1. The number of alkyl carbamates (subject to hydrolysis) is 1. The molecule has 1 aliphatic heterocycles. The van der Waals surface area contributed by atoms with E-state index in [2.05, 4.69) is 11.9 Å². The van der Waals surface area contributed by atoms with Crippen molar-refractivity contribution < 1.29 is 32.9 Å². The highest BCUT2D eigenvalue weighted by Gasteiger charge is 2.36. The van der Waals surface area contributed by atoms with Gasteiger partial charge in [0.25, 0.3) is 0 Å². The number of halogens is 1. The zero-order valence-electron chi connectivity index (χ0n) is 19.5. The van der Waals surface area contributed by atoms with Crippen molar-refractivity contribution >= 4 is 12.1 Å². The molecule has 32 heavy (non-hydrogen) atoms. The molecule has 0 bridgehead atoms. The third-order valence-electron chi connectivity index (χ3n) is 4.72. The van der Waals surface area contributed by atoms with Crippen LogP contribution in [0.1, 0.15) is 46.6 Å². The number of hydrogen-bond donors (Lipinski definition) is 1. The van der Waals surface area contributed by atoms with Crippen molar-refractivity contribution in [2.45, 2.75) is 77.4 Å². The molecular weight excluding hydrogens is 417 g/mol. The molecular formula is C24H34FNO6. The first kappa shape index (κ1) is 25.8. The number of benzene rings is 1. The summed E-state index contributed by atoms with van der Waals surface area (Å²) in [6.07, 6.45) is -1.76. The van der Waals surface area contributed by atoms with E-state index in [1.165, 1.54) is 12.1 Å². The number of ether oxygens (including phenoxy) is 4. The Morgan fingerprint density at radius 1 is 1.28 bits per heavy atom. The van der Waals surface area contributed by atoms with Gasteiger partial charge in [0.05, 0.1) is 12.7 Å². The van der Waals surface area contributed by atoms with Gasteiger partial charge >= 0.3 is 12.1 Å². The second kappa shape index (κ2) is 11.4. The second-order valence-electron chi connectivity index (χ2n) is 9.10. The lowest BCUT2D eigenvalue weighted by Crippen LogP contribution is -2.46. The van der Waals surface area contributed by atoms with Crippen LogP contribution in [0.25, 0.3) is 0 Å². The van der Waals surface area contributed by atoms with E-state index in [1.807, 2.05) is 6.92 Å². The van der Waals surface area contributed by atoms with Crippen LogP contribution in [-0.4, -0.2) is 55.2 Å². The topological polar surface area (TPSA) is 83.1 Å². The molecule has 0 saturated carbocycles. The summed E-state index contributed by atoms with van der Waals surface area (Å²) in [6.45, 7) is 13.1. The molecule has 1 aromatic rings. The maximum Gasteiger partial charge on any atom is 0.408 e. The van der Waals surface area contributed by atoms with Gasteiger partial charge in [0.2, 0.25) is 0 Å². The first-order valence-electron chi connectivity index (χ1n) is 10.8. The highest BCUT2D eigenvalue weighted by atomic mass is 19.1. The molecule has 1 saturated heterocycles. The quantitative estimate of drug-likeness (QED) is 0.521. The third-order valence-corrected chi connectivity index (χ3v) is 4.72. The fraction of sp³-hybridized carbons (Fsp3) is 0.583. The maximum atomic E-state index is 13.3. The molecule has 0 spiro atoms. The zero-order valence-corrected chi connectivity index (χ0v) is 19.5. The Morgan fingerprint density at radius 3 is 2.53 bits per heavy atom. The lowest BCUT2D eigenvalue weighted by Gasteiger charge is -2.31. The largest absolute Gasteiger partial charge is 0.458 e. The SMILES string of the molecule is C=C(C)CO[C@H]1[C@H](C)OC(=O)[C@@H](NC(=O)OC(C)(C)C)CCO[C@@H]1Cc1ccc(F)cc1. The van der Waals surface area contributed by atoms with E-state index in [4.69, 9.17) is 18.9 Å². The van der Waals surface area contributed by atoms with Gasteiger partial charge in [-0.2, -0.15) is 0 Å². The summed E-state index contributed by atoms with van der Waals surface area (Å²) < 4.78 is 36.3. The van der Waals surface area contributed by atoms with Crippen LogP contribution < -0.4 is 5.32 Å². The third kappa shape index (κ3) is 8.59. The molecule has 178 valence electrons. The van der Waals surface area contributed by atoms with Crippen molar-refractivity contribution in [2.24, 2.45) is 0 Å². The molecule has 1 heterocycles. The minimum absolute atomic E-state index is 0.182. The molecule has 7 nitrogen and oxygen atoms in total. The van der Waals surface area contributed by atoms with E-state index in [0.29, 0.717) is 6.42 Å². The molecule has 1 N–H and O–H groups in total. The van der Waals surface area contributed by atoms with Gasteiger partial charge in [-0.15, -0.1) is 0 Å². The molecule has 0 aromatic heterocycles. The van der Waals surface area contributed by atoms with Gasteiger partial charge in [0, 0.05) is 19.4 Å². The van der Waals surface area contributed by atoms with Gasteiger partial charge in [0.15, 0.2) is 0 Å². The predicted octanol–water partition coefficient (Wildman–Crippen LogP) is 3.94. The maximum absolute atomic E-state index is 13.3.